The van der Waals surface area contributed by atoms with E-state index >= 15 is 0 Å². The third kappa shape index (κ3) is 7.57. The summed E-state index contributed by atoms with van der Waals surface area (Å²) in [5.74, 6) is -1.52. The maximum atomic E-state index is 11.9. The van der Waals surface area contributed by atoms with E-state index in [0.29, 0.717) is 33.0 Å². The molecule has 0 spiro atoms. The summed E-state index contributed by atoms with van der Waals surface area (Å²) in [4.78, 5) is 34.9. The number of nitrogens with one attached hydrogen (secondary N) is 2. The summed E-state index contributed by atoms with van der Waals surface area (Å²) in [5, 5.41) is 10.2. The third-order valence-corrected chi connectivity index (χ3v) is 4.83. The molecule has 2 aromatic rings. The van der Waals surface area contributed by atoms with Crippen molar-refractivity contribution in [1.82, 2.24) is 20.4 Å². The van der Waals surface area contributed by atoms with Gasteiger partial charge in [-0.2, -0.15) is 5.10 Å². The molecule has 0 bridgehead atoms. The number of carbonyl (C=O) groups is 3. The normalized spacial score (nSPS) is 11.1. The van der Waals surface area contributed by atoms with Gasteiger partial charge in [-0.3, -0.25) is 10.1 Å². The Hall–Kier alpha value is -2.55. The molecule has 0 aliphatic heterocycles. The maximum Gasteiger partial charge on any atom is 0.331 e. The SMILES string of the molecule is Cc1nn(Cc2ccc(Cl)cc2Cl)c(Cl)c1/C=C/C(=O)OCC(=O)NC(=O)NC(C)C. The first kappa shape index (κ1) is 24.7. The maximum absolute atomic E-state index is 11.9. The van der Waals surface area contributed by atoms with E-state index in [-0.39, 0.29) is 6.04 Å². The highest BCUT2D eigenvalue weighted by molar-refractivity contribution is 6.35. The number of hydrogen-bond donors (Lipinski definition) is 2. The fourth-order valence-corrected chi connectivity index (χ4v) is 3.24. The molecule has 11 heteroatoms. The Morgan fingerprint density at radius 3 is 2.58 bits per heavy atom. The van der Waals surface area contributed by atoms with Crippen LogP contribution in [0.2, 0.25) is 15.2 Å². The van der Waals surface area contributed by atoms with Crippen molar-refractivity contribution in [3.63, 3.8) is 0 Å². The van der Waals surface area contributed by atoms with Crippen LogP contribution in [0.25, 0.3) is 6.08 Å². The van der Waals surface area contributed by atoms with E-state index in [1.165, 1.54) is 10.8 Å². The van der Waals surface area contributed by atoms with E-state index in [4.69, 9.17) is 39.5 Å². The first-order valence-electron chi connectivity index (χ1n) is 9.18. The van der Waals surface area contributed by atoms with Gasteiger partial charge in [0.25, 0.3) is 5.91 Å². The Morgan fingerprint density at radius 2 is 1.94 bits per heavy atom. The van der Waals surface area contributed by atoms with Gasteiger partial charge in [0, 0.05) is 27.7 Å². The van der Waals surface area contributed by atoms with Gasteiger partial charge in [0.15, 0.2) is 6.61 Å². The van der Waals surface area contributed by atoms with Crippen LogP contribution in [0.4, 0.5) is 4.79 Å². The number of halogens is 3. The molecule has 8 nitrogen and oxygen atoms in total. The second-order valence-electron chi connectivity index (χ2n) is 6.80. The molecule has 3 amide bonds. The summed E-state index contributed by atoms with van der Waals surface area (Å²) >= 11 is 18.5. The van der Waals surface area contributed by atoms with E-state index < -0.39 is 24.5 Å². The number of aromatic nitrogens is 2. The molecule has 1 aromatic carbocycles. The van der Waals surface area contributed by atoms with Crippen molar-refractivity contribution < 1.29 is 19.1 Å². The first-order valence-corrected chi connectivity index (χ1v) is 10.3. The molecule has 0 radical (unpaired) electrons. The number of ether oxygens (including phenoxy) is 1. The van der Waals surface area contributed by atoms with E-state index in [2.05, 4.69) is 10.4 Å². The number of nitrogens with zero attached hydrogens (tertiary/aromatic N) is 2. The van der Waals surface area contributed by atoms with Crippen LogP contribution in [-0.4, -0.2) is 40.3 Å². The Bertz CT molecular complexity index is 1020. The topological polar surface area (TPSA) is 102 Å². The van der Waals surface area contributed by atoms with Crippen molar-refractivity contribution in [3.05, 3.63) is 56.3 Å². The molecular weight excluding hydrogens is 467 g/mol. The van der Waals surface area contributed by atoms with Gasteiger partial charge in [-0.05, 0) is 44.5 Å². The lowest BCUT2D eigenvalue weighted by Gasteiger charge is -2.08. The lowest BCUT2D eigenvalue weighted by molar-refractivity contribution is -0.143. The van der Waals surface area contributed by atoms with Crippen LogP contribution >= 0.6 is 34.8 Å². The van der Waals surface area contributed by atoms with Crippen LogP contribution in [0.5, 0.6) is 0 Å². The largest absolute Gasteiger partial charge is 0.452 e. The predicted octanol–water partition coefficient (Wildman–Crippen LogP) is 3.99. The summed E-state index contributed by atoms with van der Waals surface area (Å²) in [7, 11) is 0. The Balaban J connectivity index is 1.97. The average molecular weight is 488 g/mol. The molecular formula is C20H21Cl3N4O4. The number of amides is 3. The molecule has 31 heavy (non-hydrogen) atoms. The highest BCUT2D eigenvalue weighted by Gasteiger charge is 2.14. The van der Waals surface area contributed by atoms with Crippen molar-refractivity contribution in [3.8, 4) is 0 Å². The van der Waals surface area contributed by atoms with Crippen LogP contribution < -0.4 is 10.6 Å². The van der Waals surface area contributed by atoms with Crippen molar-refractivity contribution in [1.29, 1.82) is 0 Å². The number of urea groups is 1. The van der Waals surface area contributed by atoms with Crippen molar-refractivity contribution in [2.24, 2.45) is 0 Å². The van der Waals surface area contributed by atoms with Gasteiger partial charge >= 0.3 is 12.0 Å². The van der Waals surface area contributed by atoms with Crippen LogP contribution in [-0.2, 0) is 20.9 Å². The van der Waals surface area contributed by atoms with Gasteiger partial charge in [-0.25, -0.2) is 14.3 Å². The van der Waals surface area contributed by atoms with Gasteiger partial charge in [0.05, 0.1) is 12.2 Å². The van der Waals surface area contributed by atoms with Crippen molar-refractivity contribution in [2.45, 2.75) is 33.4 Å². The molecule has 166 valence electrons. The van der Waals surface area contributed by atoms with Crippen LogP contribution in [0.1, 0.15) is 30.7 Å². The van der Waals surface area contributed by atoms with Gasteiger partial charge in [0.2, 0.25) is 0 Å². The summed E-state index contributed by atoms with van der Waals surface area (Å²) in [6, 6.07) is 4.32. The Kier molecular flexibility index (Phi) is 8.91. The van der Waals surface area contributed by atoms with Gasteiger partial charge in [-0.1, -0.05) is 40.9 Å². The standard InChI is InChI=1S/C20H21Cl3N4O4/c1-11(2)24-20(30)25-17(28)10-31-18(29)7-6-15-12(3)26-27(19(15)23)9-13-4-5-14(21)8-16(13)22/h4-8,11H,9-10H2,1-3H3,(H2,24,25,28,30)/b7-6+. The van der Waals surface area contributed by atoms with Gasteiger partial charge in [0.1, 0.15) is 5.15 Å². The molecule has 0 saturated heterocycles. The van der Waals surface area contributed by atoms with E-state index in [9.17, 15) is 14.4 Å². The van der Waals surface area contributed by atoms with Crippen LogP contribution in [0.15, 0.2) is 24.3 Å². The highest BCUT2D eigenvalue weighted by Crippen LogP contribution is 2.26. The zero-order valence-corrected chi connectivity index (χ0v) is 19.3. The zero-order chi connectivity index (χ0) is 23.1. The summed E-state index contributed by atoms with van der Waals surface area (Å²) in [6.07, 6.45) is 2.56. The number of benzene rings is 1. The van der Waals surface area contributed by atoms with E-state index in [0.717, 1.165) is 11.6 Å². The van der Waals surface area contributed by atoms with Crippen LogP contribution in [0.3, 0.4) is 0 Å². The highest BCUT2D eigenvalue weighted by atomic mass is 35.5. The predicted molar refractivity (Wildman–Crippen MR) is 119 cm³/mol. The number of esters is 1. The van der Waals surface area contributed by atoms with Gasteiger partial charge in [-0.15, -0.1) is 0 Å². The molecule has 0 saturated carbocycles. The monoisotopic (exact) mass is 486 g/mol. The first-order chi connectivity index (χ1) is 14.6. The second kappa shape index (κ2) is 11.2. The van der Waals surface area contributed by atoms with E-state index in [1.807, 2.05) is 5.32 Å². The quantitative estimate of drug-likeness (QED) is 0.454. The fraction of sp³-hybridized carbons (Fsp3) is 0.300. The Labute approximate surface area is 194 Å². The average Bonchev–Trinajstić information content (AvgIpc) is 2.93. The minimum absolute atomic E-state index is 0.136. The van der Waals surface area contributed by atoms with Crippen LogP contribution in [0, 0.1) is 6.92 Å². The summed E-state index contributed by atoms with van der Waals surface area (Å²) < 4.78 is 6.36. The minimum Gasteiger partial charge on any atom is -0.452 e. The number of carbonyl (C=O) groups excluding carboxylic acids is 3. The lowest BCUT2D eigenvalue weighted by atomic mass is 10.2. The zero-order valence-electron chi connectivity index (χ0n) is 17.0. The molecule has 0 fully saturated rings. The molecule has 1 aromatic heterocycles. The summed E-state index contributed by atoms with van der Waals surface area (Å²) in [6.45, 7) is 4.93. The smallest absolute Gasteiger partial charge is 0.331 e. The summed E-state index contributed by atoms with van der Waals surface area (Å²) in [5.41, 5.74) is 1.88. The number of imide groups is 1. The second-order valence-corrected chi connectivity index (χ2v) is 8.00. The van der Waals surface area contributed by atoms with Crippen molar-refractivity contribution in [2.75, 3.05) is 6.61 Å². The fourth-order valence-electron chi connectivity index (χ4n) is 2.47. The molecule has 1 heterocycles. The van der Waals surface area contributed by atoms with Crippen molar-refractivity contribution >= 4 is 58.8 Å². The Morgan fingerprint density at radius 1 is 1.23 bits per heavy atom. The molecule has 0 atom stereocenters. The molecule has 0 aliphatic carbocycles. The minimum atomic E-state index is -0.775. The molecule has 0 aliphatic rings. The van der Waals surface area contributed by atoms with Gasteiger partial charge < -0.3 is 10.1 Å². The number of aryl methyl sites for hydroxylation is 1. The molecule has 2 rings (SSSR count). The number of hydrogen-bond acceptors (Lipinski definition) is 5. The lowest BCUT2D eigenvalue weighted by Crippen LogP contribution is -2.43. The molecule has 0 unspecified atom stereocenters. The molecule has 2 N–H and O–H groups in total. The third-order valence-electron chi connectivity index (χ3n) is 3.85. The van der Waals surface area contributed by atoms with E-state index in [1.54, 1.807) is 39.0 Å². The number of rotatable bonds is 7.